The fraction of sp³-hybridized carbons (Fsp3) is 0.125. The van der Waals surface area contributed by atoms with E-state index in [1.54, 1.807) is 36.4 Å². The predicted octanol–water partition coefficient (Wildman–Crippen LogP) is 1.92. The Morgan fingerprint density at radius 1 is 1.10 bits per heavy atom. The van der Waals surface area contributed by atoms with Gasteiger partial charge in [-0.15, -0.1) is 0 Å². The van der Waals surface area contributed by atoms with Crippen molar-refractivity contribution in [3.8, 4) is 0 Å². The Labute approximate surface area is 121 Å². The lowest BCUT2D eigenvalue weighted by Crippen LogP contribution is -2.43. The third-order valence-corrected chi connectivity index (χ3v) is 3.67. The molecule has 3 rings (SSSR count). The Bertz CT molecular complexity index is 727. The lowest BCUT2D eigenvalue weighted by Gasteiger charge is -2.23. The van der Waals surface area contributed by atoms with Gasteiger partial charge in [0.05, 0.1) is 5.56 Å². The van der Waals surface area contributed by atoms with Crippen LogP contribution < -0.4 is 10.6 Å². The third-order valence-electron chi connectivity index (χ3n) is 3.67. The molecule has 1 amide bonds. The normalized spacial score (nSPS) is 16.6. The molecule has 3 N–H and O–H groups in total. The fourth-order valence-corrected chi connectivity index (χ4v) is 2.66. The van der Waals surface area contributed by atoms with Gasteiger partial charge in [0, 0.05) is 17.8 Å². The summed E-state index contributed by atoms with van der Waals surface area (Å²) in [7, 11) is 0. The number of carbonyl (C=O) groups is 2. The highest BCUT2D eigenvalue weighted by Gasteiger charge is 2.38. The number of anilines is 2. The van der Waals surface area contributed by atoms with Crippen molar-refractivity contribution in [3.05, 3.63) is 59.7 Å². The van der Waals surface area contributed by atoms with Gasteiger partial charge in [-0.25, -0.2) is 4.79 Å². The molecule has 0 aliphatic carbocycles. The number of hydrogen-bond donors (Lipinski definition) is 2. The van der Waals surface area contributed by atoms with Crippen molar-refractivity contribution < 1.29 is 14.7 Å². The summed E-state index contributed by atoms with van der Waals surface area (Å²) in [6.45, 7) is 0. The van der Waals surface area contributed by atoms with E-state index in [0.29, 0.717) is 23.4 Å². The molecule has 0 fully saturated rings. The number of nitrogen functional groups attached to an aromatic ring is 1. The van der Waals surface area contributed by atoms with Crippen molar-refractivity contribution in [3.63, 3.8) is 0 Å². The molecule has 106 valence electrons. The molecule has 5 heteroatoms. The second-order valence-electron chi connectivity index (χ2n) is 4.95. The Hall–Kier alpha value is -2.82. The number of benzene rings is 2. The molecule has 1 aliphatic heterocycles. The number of aliphatic carboxylic acids is 1. The van der Waals surface area contributed by atoms with Crippen LogP contribution in [0.2, 0.25) is 0 Å². The maximum Gasteiger partial charge on any atom is 0.327 e. The van der Waals surface area contributed by atoms with Gasteiger partial charge in [-0.05, 0) is 23.8 Å². The Morgan fingerprint density at radius 3 is 2.48 bits per heavy atom. The summed E-state index contributed by atoms with van der Waals surface area (Å²) in [4.78, 5) is 25.5. The molecule has 2 aromatic carbocycles. The van der Waals surface area contributed by atoms with Crippen molar-refractivity contribution in [2.45, 2.75) is 12.5 Å². The Morgan fingerprint density at radius 2 is 1.76 bits per heavy atom. The molecule has 21 heavy (non-hydrogen) atoms. The van der Waals surface area contributed by atoms with E-state index in [4.69, 9.17) is 5.73 Å². The van der Waals surface area contributed by atoms with Gasteiger partial charge < -0.3 is 10.8 Å². The number of para-hydroxylation sites is 2. The monoisotopic (exact) mass is 282 g/mol. The van der Waals surface area contributed by atoms with E-state index in [2.05, 4.69) is 0 Å². The van der Waals surface area contributed by atoms with Gasteiger partial charge in [0.2, 0.25) is 0 Å². The molecule has 0 saturated carbocycles. The number of amides is 1. The first-order valence-electron chi connectivity index (χ1n) is 6.58. The summed E-state index contributed by atoms with van der Waals surface area (Å²) in [6, 6.07) is 13.0. The van der Waals surface area contributed by atoms with E-state index in [0.717, 1.165) is 5.56 Å². The number of carboxylic acid groups (broad SMARTS) is 1. The molecule has 1 heterocycles. The van der Waals surface area contributed by atoms with Gasteiger partial charge in [0.25, 0.3) is 5.91 Å². The van der Waals surface area contributed by atoms with E-state index in [-0.39, 0.29) is 5.91 Å². The second-order valence-corrected chi connectivity index (χ2v) is 4.95. The highest BCUT2D eigenvalue weighted by molar-refractivity contribution is 6.13. The average Bonchev–Trinajstić information content (AvgIpc) is 2.86. The summed E-state index contributed by atoms with van der Waals surface area (Å²) in [5, 5.41) is 9.40. The molecular formula is C16H14N2O3. The van der Waals surface area contributed by atoms with Crippen molar-refractivity contribution in [2.75, 3.05) is 10.6 Å². The van der Waals surface area contributed by atoms with Crippen molar-refractivity contribution in [1.29, 1.82) is 0 Å². The van der Waals surface area contributed by atoms with E-state index in [1.807, 2.05) is 12.1 Å². The number of nitrogens with zero attached hydrogens (tertiary/aromatic N) is 1. The highest BCUT2D eigenvalue weighted by atomic mass is 16.4. The van der Waals surface area contributed by atoms with Crippen molar-refractivity contribution >= 4 is 23.3 Å². The van der Waals surface area contributed by atoms with Crippen LogP contribution >= 0.6 is 0 Å². The molecule has 5 nitrogen and oxygen atoms in total. The number of nitrogens with two attached hydrogens (primary N) is 1. The Kier molecular flexibility index (Phi) is 3.10. The Balaban J connectivity index is 2.08. The maximum absolute atomic E-state index is 12.7. The van der Waals surface area contributed by atoms with Gasteiger partial charge in [-0.3, -0.25) is 9.69 Å². The summed E-state index contributed by atoms with van der Waals surface area (Å²) in [5.41, 5.74) is 7.99. The minimum Gasteiger partial charge on any atom is -0.480 e. The summed E-state index contributed by atoms with van der Waals surface area (Å²) in [6.07, 6.45) is 0.310. The number of fused-ring (bicyclic) bond motifs is 1. The topological polar surface area (TPSA) is 83.6 Å². The second kappa shape index (κ2) is 4.94. The van der Waals surface area contributed by atoms with Crippen molar-refractivity contribution in [1.82, 2.24) is 0 Å². The largest absolute Gasteiger partial charge is 0.480 e. The zero-order chi connectivity index (χ0) is 15.0. The average molecular weight is 282 g/mol. The third kappa shape index (κ3) is 2.12. The first-order valence-corrected chi connectivity index (χ1v) is 6.58. The first-order chi connectivity index (χ1) is 10.1. The molecule has 0 radical (unpaired) electrons. The minimum absolute atomic E-state index is 0.310. The van der Waals surface area contributed by atoms with Crippen LogP contribution in [-0.2, 0) is 11.2 Å². The predicted molar refractivity (Wildman–Crippen MR) is 79.2 cm³/mol. The molecule has 0 bridgehead atoms. The minimum atomic E-state index is -1.02. The van der Waals surface area contributed by atoms with Crippen LogP contribution in [0.15, 0.2) is 48.5 Å². The van der Waals surface area contributed by atoms with Gasteiger partial charge in [-0.1, -0.05) is 30.3 Å². The lowest BCUT2D eigenvalue weighted by molar-refractivity contribution is -0.138. The smallest absolute Gasteiger partial charge is 0.327 e. The van der Waals surface area contributed by atoms with Crippen LogP contribution in [0.1, 0.15) is 15.9 Å². The van der Waals surface area contributed by atoms with Crippen molar-refractivity contribution in [2.24, 2.45) is 0 Å². The molecule has 1 aliphatic rings. The lowest BCUT2D eigenvalue weighted by atomic mass is 10.1. The van der Waals surface area contributed by atoms with Crippen LogP contribution in [-0.4, -0.2) is 23.0 Å². The molecule has 0 aromatic heterocycles. The quantitative estimate of drug-likeness (QED) is 0.824. The fourth-order valence-electron chi connectivity index (χ4n) is 2.66. The molecule has 1 atom stereocenters. The highest BCUT2D eigenvalue weighted by Crippen LogP contribution is 2.34. The van der Waals surface area contributed by atoms with E-state index in [1.165, 1.54) is 4.90 Å². The SMILES string of the molecule is Nc1ccccc1C(=O)N1c2ccccc2CC1C(=O)O. The summed E-state index contributed by atoms with van der Waals surface area (Å²) in [5.74, 6) is -1.40. The molecule has 0 saturated heterocycles. The van der Waals surface area contributed by atoms with Crippen LogP contribution in [0, 0.1) is 0 Å². The molecule has 0 spiro atoms. The number of rotatable bonds is 2. The van der Waals surface area contributed by atoms with Gasteiger partial charge in [-0.2, -0.15) is 0 Å². The van der Waals surface area contributed by atoms with Gasteiger partial charge in [0.1, 0.15) is 6.04 Å². The van der Waals surface area contributed by atoms with Crippen LogP contribution in [0.4, 0.5) is 11.4 Å². The van der Waals surface area contributed by atoms with Crippen LogP contribution in [0.25, 0.3) is 0 Å². The molecule has 1 unspecified atom stereocenters. The zero-order valence-electron chi connectivity index (χ0n) is 11.2. The molecular weight excluding hydrogens is 268 g/mol. The standard InChI is InChI=1S/C16H14N2O3/c17-12-7-3-2-6-11(12)15(19)18-13-8-4-1-5-10(13)9-14(18)16(20)21/h1-8,14H,9,17H2,(H,20,21). The van der Waals surface area contributed by atoms with Crippen LogP contribution in [0.3, 0.4) is 0 Å². The zero-order valence-corrected chi connectivity index (χ0v) is 11.2. The number of carboxylic acids is 1. The number of carbonyl (C=O) groups excluding carboxylic acids is 1. The van der Waals surface area contributed by atoms with E-state index < -0.39 is 12.0 Å². The van der Waals surface area contributed by atoms with Gasteiger partial charge >= 0.3 is 5.97 Å². The summed E-state index contributed by atoms with van der Waals surface area (Å²) >= 11 is 0. The van der Waals surface area contributed by atoms with E-state index >= 15 is 0 Å². The van der Waals surface area contributed by atoms with Crippen LogP contribution in [0.5, 0.6) is 0 Å². The number of hydrogen-bond acceptors (Lipinski definition) is 3. The maximum atomic E-state index is 12.7. The first kappa shape index (κ1) is 13.2. The summed E-state index contributed by atoms with van der Waals surface area (Å²) < 4.78 is 0. The van der Waals surface area contributed by atoms with E-state index in [9.17, 15) is 14.7 Å². The molecule has 2 aromatic rings. The van der Waals surface area contributed by atoms with Gasteiger partial charge in [0.15, 0.2) is 0 Å².